The Morgan fingerprint density at radius 3 is 2.47 bits per heavy atom. The molecule has 0 saturated heterocycles. The number of carbonyl (C=O) groups excluding carboxylic acids is 1. The normalized spacial score (nSPS) is 15.2. The van der Waals surface area contributed by atoms with E-state index in [0.717, 1.165) is 12.1 Å². The van der Waals surface area contributed by atoms with Gasteiger partial charge in [0.05, 0.1) is 0 Å². The molecule has 0 radical (unpaired) electrons. The molecule has 0 aromatic heterocycles. The van der Waals surface area contributed by atoms with E-state index >= 15 is 0 Å². The molecule has 0 amide bonds. The summed E-state index contributed by atoms with van der Waals surface area (Å²) in [7, 11) is -5.69. The van der Waals surface area contributed by atoms with Crippen molar-refractivity contribution in [3.05, 3.63) is 35.4 Å². The molecule has 1 aliphatic rings. The molecule has 0 saturated carbocycles. The molecule has 8 heteroatoms. The van der Waals surface area contributed by atoms with Gasteiger partial charge >= 0.3 is 15.6 Å². The van der Waals surface area contributed by atoms with Gasteiger partial charge in [-0.15, -0.1) is 0 Å². The van der Waals surface area contributed by atoms with Gasteiger partial charge in [-0.3, -0.25) is 4.79 Å². The lowest BCUT2D eigenvalue weighted by molar-refractivity contribution is -0.114. The van der Waals surface area contributed by atoms with E-state index in [1.165, 1.54) is 18.2 Å². The lowest BCUT2D eigenvalue weighted by Gasteiger charge is -2.13. The molecule has 1 aromatic carbocycles. The van der Waals surface area contributed by atoms with Crippen LogP contribution in [0.15, 0.2) is 24.3 Å². The average molecular weight is 292 g/mol. The smallest absolute Gasteiger partial charge is 0.376 e. The van der Waals surface area contributed by atoms with Crippen molar-refractivity contribution in [3.8, 4) is 5.75 Å². The monoisotopic (exact) mass is 292 g/mol. The van der Waals surface area contributed by atoms with Gasteiger partial charge < -0.3 is 4.18 Å². The van der Waals surface area contributed by atoms with Crippen molar-refractivity contribution in [2.75, 3.05) is 0 Å². The summed E-state index contributed by atoms with van der Waals surface area (Å²) in [5, 5.41) is 0. The summed E-state index contributed by atoms with van der Waals surface area (Å²) >= 11 is 0. The minimum absolute atomic E-state index is 0.00486. The second-order valence-corrected chi connectivity index (χ2v) is 5.36. The van der Waals surface area contributed by atoms with Gasteiger partial charge in [-0.1, -0.05) is 12.1 Å². The first-order valence-corrected chi connectivity index (χ1v) is 6.44. The van der Waals surface area contributed by atoms with Gasteiger partial charge in [0.2, 0.25) is 0 Å². The minimum atomic E-state index is -5.69. The highest BCUT2D eigenvalue weighted by atomic mass is 32.2. The molecule has 2 rings (SSSR count). The molecule has 0 spiro atoms. The van der Waals surface area contributed by atoms with E-state index in [2.05, 4.69) is 4.18 Å². The Morgan fingerprint density at radius 1 is 1.16 bits per heavy atom. The van der Waals surface area contributed by atoms with Gasteiger partial charge in [-0.2, -0.15) is 21.6 Å². The maximum Gasteiger partial charge on any atom is 0.534 e. The van der Waals surface area contributed by atoms with E-state index in [-0.39, 0.29) is 12.2 Å². The fraction of sp³-hybridized carbons (Fsp3) is 0.182. The topological polar surface area (TPSA) is 60.4 Å². The number of allylic oxidation sites excluding steroid dienone is 1. The first kappa shape index (κ1) is 13.6. The van der Waals surface area contributed by atoms with E-state index < -0.39 is 21.4 Å². The summed E-state index contributed by atoms with van der Waals surface area (Å²) in [5.41, 5.74) is -4.43. The Kier molecular flexibility index (Phi) is 3.13. The zero-order chi connectivity index (χ0) is 14.3. The van der Waals surface area contributed by atoms with Crippen molar-refractivity contribution in [1.82, 2.24) is 0 Å². The lowest BCUT2D eigenvalue weighted by atomic mass is 9.96. The number of ketones is 1. The Balaban J connectivity index is 2.32. The summed E-state index contributed by atoms with van der Waals surface area (Å²) in [6.07, 6.45) is 2.84. The van der Waals surface area contributed by atoms with E-state index in [0.29, 0.717) is 11.1 Å². The highest BCUT2D eigenvalue weighted by Gasteiger charge is 2.48. The number of halogens is 3. The van der Waals surface area contributed by atoms with Gasteiger partial charge in [0.25, 0.3) is 0 Å². The van der Waals surface area contributed by atoms with Crippen LogP contribution in [0.2, 0.25) is 0 Å². The predicted molar refractivity (Wildman–Crippen MR) is 59.8 cm³/mol. The summed E-state index contributed by atoms with van der Waals surface area (Å²) in [5.74, 6) is -0.692. The van der Waals surface area contributed by atoms with Crippen LogP contribution in [0.1, 0.15) is 11.1 Å². The number of rotatable bonds is 2. The average Bonchev–Trinajstić information content (AvgIpc) is 2.26. The first-order chi connectivity index (χ1) is 8.69. The summed E-state index contributed by atoms with van der Waals surface area (Å²) in [4.78, 5) is 11.2. The lowest BCUT2D eigenvalue weighted by Crippen LogP contribution is -2.28. The van der Waals surface area contributed by atoms with Gasteiger partial charge in [-0.25, -0.2) is 0 Å². The van der Waals surface area contributed by atoms with Crippen molar-refractivity contribution in [3.63, 3.8) is 0 Å². The fourth-order valence-electron chi connectivity index (χ4n) is 1.55. The zero-order valence-electron chi connectivity index (χ0n) is 9.27. The Hall–Kier alpha value is -1.83. The van der Waals surface area contributed by atoms with Crippen molar-refractivity contribution in [2.45, 2.75) is 11.9 Å². The molecule has 0 aliphatic heterocycles. The maximum absolute atomic E-state index is 12.1. The maximum atomic E-state index is 12.1. The van der Waals surface area contributed by atoms with Gasteiger partial charge in [0, 0.05) is 6.42 Å². The van der Waals surface area contributed by atoms with Crippen LogP contribution in [-0.4, -0.2) is 19.7 Å². The third kappa shape index (κ3) is 2.78. The van der Waals surface area contributed by atoms with Crippen molar-refractivity contribution in [1.29, 1.82) is 0 Å². The van der Waals surface area contributed by atoms with Crippen LogP contribution in [-0.2, 0) is 21.3 Å². The van der Waals surface area contributed by atoms with Gasteiger partial charge in [-0.05, 0) is 29.3 Å². The van der Waals surface area contributed by atoms with E-state index in [1.807, 2.05) is 0 Å². The van der Waals surface area contributed by atoms with E-state index in [4.69, 9.17) is 0 Å². The third-order valence-electron chi connectivity index (χ3n) is 2.42. The molecule has 0 fully saturated rings. The molecule has 4 nitrogen and oxygen atoms in total. The predicted octanol–water partition coefficient (Wildman–Crippen LogP) is 2.05. The van der Waals surface area contributed by atoms with Crippen LogP contribution in [0.4, 0.5) is 13.2 Å². The molecular formula is C11H7F3O4S. The minimum Gasteiger partial charge on any atom is -0.376 e. The number of benzene rings is 1. The van der Waals surface area contributed by atoms with Crippen molar-refractivity contribution < 1.29 is 30.6 Å². The Labute approximate surface area is 106 Å². The molecule has 0 unspecified atom stereocenters. The molecule has 0 heterocycles. The van der Waals surface area contributed by atoms with E-state index in [1.54, 1.807) is 0 Å². The molecule has 1 aliphatic carbocycles. The molecule has 0 bridgehead atoms. The molecule has 102 valence electrons. The second kappa shape index (κ2) is 4.37. The fourth-order valence-corrected chi connectivity index (χ4v) is 2.00. The van der Waals surface area contributed by atoms with Crippen LogP contribution in [0.25, 0.3) is 6.08 Å². The van der Waals surface area contributed by atoms with Crippen LogP contribution in [0.5, 0.6) is 5.75 Å². The van der Waals surface area contributed by atoms with Crippen LogP contribution in [0, 0.1) is 0 Å². The molecule has 0 N–H and O–H groups in total. The zero-order valence-corrected chi connectivity index (χ0v) is 10.1. The second-order valence-electron chi connectivity index (χ2n) is 3.82. The summed E-state index contributed by atoms with van der Waals surface area (Å²) in [6.45, 7) is 0. The Bertz CT molecular complexity index is 659. The summed E-state index contributed by atoms with van der Waals surface area (Å²) < 4.78 is 62.1. The molecule has 0 atom stereocenters. The number of hydrogen-bond donors (Lipinski definition) is 0. The molecule has 1 aromatic rings. The van der Waals surface area contributed by atoms with E-state index in [9.17, 15) is 26.4 Å². The number of alkyl halides is 3. The Morgan fingerprint density at radius 2 is 1.84 bits per heavy atom. The highest BCUT2D eigenvalue weighted by Crippen LogP contribution is 2.29. The molecular weight excluding hydrogens is 285 g/mol. The largest absolute Gasteiger partial charge is 0.534 e. The number of carbonyl (C=O) groups is 1. The van der Waals surface area contributed by atoms with Crippen LogP contribution in [0.3, 0.4) is 0 Å². The van der Waals surface area contributed by atoms with Gasteiger partial charge in [0.15, 0.2) is 5.78 Å². The van der Waals surface area contributed by atoms with Crippen LogP contribution < -0.4 is 4.18 Å². The summed E-state index contributed by atoms with van der Waals surface area (Å²) in [6, 6.07) is 3.60. The standard InChI is InChI=1S/C11H7F3O4S/c12-11(13,14)19(16,17)18-10-4-2-7-1-3-9(15)5-8(7)6-10/h1-4,6H,5H2. The van der Waals surface area contributed by atoms with Crippen LogP contribution >= 0.6 is 0 Å². The SMILES string of the molecule is O=C1C=Cc2ccc(OS(=O)(=O)C(F)(F)F)cc2C1. The van der Waals surface area contributed by atoms with Gasteiger partial charge in [0.1, 0.15) is 5.75 Å². The van der Waals surface area contributed by atoms with Crippen molar-refractivity contribution >= 4 is 22.0 Å². The van der Waals surface area contributed by atoms with Crippen molar-refractivity contribution in [2.24, 2.45) is 0 Å². The number of fused-ring (bicyclic) bond motifs is 1. The third-order valence-corrected chi connectivity index (χ3v) is 3.40. The highest BCUT2D eigenvalue weighted by molar-refractivity contribution is 7.88. The number of hydrogen-bond acceptors (Lipinski definition) is 4. The molecule has 19 heavy (non-hydrogen) atoms. The quantitative estimate of drug-likeness (QED) is 0.618. The first-order valence-electron chi connectivity index (χ1n) is 5.04.